The van der Waals surface area contributed by atoms with E-state index >= 15 is 0 Å². The van der Waals surface area contributed by atoms with Crippen LogP contribution in [0.2, 0.25) is 0 Å². The molecule has 7 nitrogen and oxygen atoms in total. The van der Waals surface area contributed by atoms with Crippen molar-refractivity contribution in [3.05, 3.63) is 30.4 Å². The van der Waals surface area contributed by atoms with Gasteiger partial charge in [-0.2, -0.15) is 5.10 Å². The number of anilines is 2. The van der Waals surface area contributed by atoms with E-state index in [-0.39, 0.29) is 11.5 Å². The molecule has 2 aromatic heterocycles. The Labute approximate surface area is 90.8 Å². The fraction of sp³-hybridized carbons (Fsp3) is 0.111. The molecule has 0 aliphatic heterocycles. The van der Waals surface area contributed by atoms with Gasteiger partial charge in [-0.05, 0) is 0 Å². The lowest BCUT2D eigenvalue weighted by molar-refractivity contribution is 0.0691. The molecule has 0 spiro atoms. The smallest absolute Gasteiger partial charge is 0.358 e. The van der Waals surface area contributed by atoms with Crippen LogP contribution in [0.5, 0.6) is 0 Å². The summed E-state index contributed by atoms with van der Waals surface area (Å²) in [4.78, 5) is 18.5. The Balaban J connectivity index is 2.31. The number of aryl methyl sites for hydroxylation is 1. The topological polar surface area (TPSA) is 92.9 Å². The zero-order chi connectivity index (χ0) is 11.5. The first-order valence-electron chi connectivity index (χ1n) is 4.48. The highest BCUT2D eigenvalue weighted by molar-refractivity contribution is 5.91. The maximum absolute atomic E-state index is 10.8. The first-order chi connectivity index (χ1) is 7.66. The quantitative estimate of drug-likeness (QED) is 0.787. The number of hydrogen-bond donors (Lipinski definition) is 2. The molecule has 0 saturated heterocycles. The molecule has 0 unspecified atom stereocenters. The van der Waals surface area contributed by atoms with Crippen molar-refractivity contribution < 1.29 is 9.90 Å². The lowest BCUT2D eigenvalue weighted by atomic mass is 10.4. The Morgan fingerprint density at radius 1 is 1.44 bits per heavy atom. The second kappa shape index (κ2) is 3.97. The number of aromatic carboxylic acids is 1. The molecule has 0 atom stereocenters. The third-order valence-electron chi connectivity index (χ3n) is 1.86. The minimum absolute atomic E-state index is 0.131. The summed E-state index contributed by atoms with van der Waals surface area (Å²) in [5, 5.41) is 15.7. The fourth-order valence-electron chi connectivity index (χ4n) is 1.19. The maximum atomic E-state index is 10.8. The van der Waals surface area contributed by atoms with Gasteiger partial charge in [0.25, 0.3) is 0 Å². The second-order valence-corrected chi connectivity index (χ2v) is 3.06. The van der Waals surface area contributed by atoms with Gasteiger partial charge < -0.3 is 10.4 Å². The number of rotatable bonds is 3. The van der Waals surface area contributed by atoms with Crippen LogP contribution in [-0.2, 0) is 7.05 Å². The summed E-state index contributed by atoms with van der Waals surface area (Å²) in [7, 11) is 1.76. The minimum Gasteiger partial charge on any atom is -0.476 e. The summed E-state index contributed by atoms with van der Waals surface area (Å²) in [6.45, 7) is 0. The number of carboxylic acids is 1. The van der Waals surface area contributed by atoms with Crippen LogP contribution in [0.3, 0.4) is 0 Å². The van der Waals surface area contributed by atoms with E-state index in [1.54, 1.807) is 24.0 Å². The van der Waals surface area contributed by atoms with Gasteiger partial charge in [-0.25, -0.2) is 14.8 Å². The Morgan fingerprint density at radius 3 is 2.81 bits per heavy atom. The summed E-state index contributed by atoms with van der Waals surface area (Å²) in [6.07, 6.45) is 4.48. The van der Waals surface area contributed by atoms with Gasteiger partial charge in [0.15, 0.2) is 17.3 Å². The first-order valence-corrected chi connectivity index (χ1v) is 4.48. The molecule has 0 aromatic carbocycles. The summed E-state index contributed by atoms with van der Waals surface area (Å²) in [6, 6.07) is 1.71. The average Bonchev–Trinajstić information content (AvgIpc) is 2.64. The molecule has 0 radical (unpaired) electrons. The highest BCUT2D eigenvalue weighted by atomic mass is 16.4. The summed E-state index contributed by atoms with van der Waals surface area (Å²) < 4.78 is 1.60. The number of nitrogens with zero attached hydrogens (tertiary/aromatic N) is 4. The minimum atomic E-state index is -1.13. The Bertz CT molecular complexity index is 522. The van der Waals surface area contributed by atoms with Crippen LogP contribution in [0, 0.1) is 0 Å². The molecular weight excluding hydrogens is 210 g/mol. The molecule has 16 heavy (non-hydrogen) atoms. The fourth-order valence-corrected chi connectivity index (χ4v) is 1.19. The highest BCUT2D eigenvalue weighted by Crippen LogP contribution is 2.14. The predicted octanol–water partition coefficient (Wildman–Crippen LogP) is 0.652. The maximum Gasteiger partial charge on any atom is 0.358 e. The average molecular weight is 219 g/mol. The molecule has 2 rings (SSSR count). The molecule has 2 heterocycles. The molecule has 82 valence electrons. The molecule has 7 heteroatoms. The van der Waals surface area contributed by atoms with Crippen LogP contribution < -0.4 is 5.32 Å². The zero-order valence-electron chi connectivity index (χ0n) is 8.45. The molecule has 0 bridgehead atoms. The number of aromatic nitrogens is 4. The van der Waals surface area contributed by atoms with Crippen LogP contribution in [0.15, 0.2) is 24.7 Å². The van der Waals surface area contributed by atoms with Gasteiger partial charge in [-0.15, -0.1) is 0 Å². The molecule has 0 amide bonds. The van der Waals surface area contributed by atoms with E-state index in [2.05, 4.69) is 20.4 Å². The van der Waals surface area contributed by atoms with Crippen LogP contribution >= 0.6 is 0 Å². The SMILES string of the molecule is Cn1ccc(Nc2nccnc2C(=O)O)n1. The largest absolute Gasteiger partial charge is 0.476 e. The normalized spacial score (nSPS) is 10.1. The molecular formula is C9H9N5O2. The highest BCUT2D eigenvalue weighted by Gasteiger charge is 2.13. The third-order valence-corrected chi connectivity index (χ3v) is 1.86. The van der Waals surface area contributed by atoms with Crippen molar-refractivity contribution in [2.45, 2.75) is 0 Å². The van der Waals surface area contributed by atoms with Crippen molar-refractivity contribution in [3.8, 4) is 0 Å². The summed E-state index contributed by atoms with van der Waals surface area (Å²) in [5.41, 5.74) is -0.131. The standard InChI is InChI=1S/C9H9N5O2/c1-14-5-2-6(13-14)12-8-7(9(15)16)10-3-4-11-8/h2-5H,1H3,(H,15,16)(H,11,12,13). The Morgan fingerprint density at radius 2 is 2.19 bits per heavy atom. The second-order valence-electron chi connectivity index (χ2n) is 3.06. The number of hydrogen-bond acceptors (Lipinski definition) is 5. The van der Waals surface area contributed by atoms with E-state index in [1.807, 2.05) is 0 Å². The molecule has 2 aromatic rings. The van der Waals surface area contributed by atoms with Gasteiger partial charge >= 0.3 is 5.97 Å². The van der Waals surface area contributed by atoms with Crippen molar-refractivity contribution in [2.24, 2.45) is 7.05 Å². The molecule has 2 N–H and O–H groups in total. The van der Waals surface area contributed by atoms with Gasteiger partial charge in [0.1, 0.15) is 0 Å². The zero-order valence-corrected chi connectivity index (χ0v) is 8.45. The van der Waals surface area contributed by atoms with E-state index in [0.717, 1.165) is 0 Å². The van der Waals surface area contributed by atoms with E-state index in [9.17, 15) is 4.79 Å². The predicted molar refractivity (Wildman–Crippen MR) is 55.5 cm³/mol. The molecule has 0 aliphatic carbocycles. The lowest BCUT2D eigenvalue weighted by Crippen LogP contribution is -2.07. The van der Waals surface area contributed by atoms with Gasteiger partial charge in [-0.1, -0.05) is 0 Å². The van der Waals surface area contributed by atoms with Crippen LogP contribution in [-0.4, -0.2) is 30.8 Å². The molecule has 0 saturated carbocycles. The number of nitrogens with one attached hydrogen (secondary N) is 1. The van der Waals surface area contributed by atoms with Crippen molar-refractivity contribution in [1.82, 2.24) is 19.7 Å². The molecule has 0 fully saturated rings. The van der Waals surface area contributed by atoms with Crippen molar-refractivity contribution >= 4 is 17.6 Å². The van der Waals surface area contributed by atoms with E-state index in [1.165, 1.54) is 12.4 Å². The van der Waals surface area contributed by atoms with Crippen LogP contribution in [0.25, 0.3) is 0 Å². The third kappa shape index (κ3) is 1.97. The summed E-state index contributed by atoms with van der Waals surface area (Å²) in [5.74, 6) is -0.439. The van der Waals surface area contributed by atoms with E-state index in [4.69, 9.17) is 5.11 Å². The van der Waals surface area contributed by atoms with Gasteiger partial charge in [0, 0.05) is 31.7 Å². The number of carbonyl (C=O) groups is 1. The van der Waals surface area contributed by atoms with Crippen molar-refractivity contribution in [1.29, 1.82) is 0 Å². The Hall–Kier alpha value is -2.44. The first kappa shape index (κ1) is 10.1. The summed E-state index contributed by atoms with van der Waals surface area (Å²) >= 11 is 0. The van der Waals surface area contributed by atoms with Gasteiger partial charge in [0.05, 0.1) is 0 Å². The van der Waals surface area contributed by atoms with Crippen molar-refractivity contribution in [3.63, 3.8) is 0 Å². The number of carboxylic acid groups (broad SMARTS) is 1. The Kier molecular flexibility index (Phi) is 2.50. The van der Waals surface area contributed by atoms with Crippen molar-refractivity contribution in [2.75, 3.05) is 5.32 Å². The monoisotopic (exact) mass is 219 g/mol. The van der Waals surface area contributed by atoms with Crippen LogP contribution in [0.1, 0.15) is 10.5 Å². The van der Waals surface area contributed by atoms with Gasteiger partial charge in [0.2, 0.25) is 0 Å². The van der Waals surface area contributed by atoms with Gasteiger partial charge in [-0.3, -0.25) is 4.68 Å². The molecule has 0 aliphatic rings. The van der Waals surface area contributed by atoms with E-state index in [0.29, 0.717) is 5.82 Å². The van der Waals surface area contributed by atoms with E-state index < -0.39 is 5.97 Å². The van der Waals surface area contributed by atoms with Crippen LogP contribution in [0.4, 0.5) is 11.6 Å². The lowest BCUT2D eigenvalue weighted by Gasteiger charge is -2.03.